The predicted octanol–water partition coefficient (Wildman–Crippen LogP) is 2.73. The van der Waals surface area contributed by atoms with Crippen molar-refractivity contribution in [1.29, 1.82) is 0 Å². The van der Waals surface area contributed by atoms with Crippen LogP contribution in [0.15, 0.2) is 42.5 Å². The minimum atomic E-state index is -0.346. The highest BCUT2D eigenvalue weighted by molar-refractivity contribution is 5.90. The number of anilines is 1. The highest BCUT2D eigenvalue weighted by Crippen LogP contribution is 2.28. The van der Waals surface area contributed by atoms with E-state index in [1.54, 1.807) is 25.3 Å². The van der Waals surface area contributed by atoms with Crippen LogP contribution in [0.25, 0.3) is 11.1 Å². The quantitative estimate of drug-likeness (QED) is 0.678. The molecule has 0 atom stereocenters. The second-order valence-corrected chi connectivity index (χ2v) is 4.03. The van der Waals surface area contributed by atoms with Crippen LogP contribution in [0.3, 0.4) is 0 Å². The summed E-state index contributed by atoms with van der Waals surface area (Å²) < 4.78 is 9.85. The number of esters is 1. The van der Waals surface area contributed by atoms with Crippen molar-refractivity contribution in [2.45, 2.75) is 0 Å². The summed E-state index contributed by atoms with van der Waals surface area (Å²) in [7, 11) is 2.94. The molecule has 2 aromatic rings. The molecule has 0 unspecified atom stereocenters. The molecule has 4 nitrogen and oxygen atoms in total. The first kappa shape index (κ1) is 13.0. The van der Waals surface area contributed by atoms with E-state index in [4.69, 9.17) is 10.5 Å². The fraction of sp³-hybridized carbons (Fsp3) is 0.133. The number of carbonyl (C=O) groups excluding carboxylic acids is 1. The lowest BCUT2D eigenvalue weighted by atomic mass is 10.0. The first-order valence-corrected chi connectivity index (χ1v) is 5.78. The van der Waals surface area contributed by atoms with E-state index in [1.165, 1.54) is 7.11 Å². The number of carbonyl (C=O) groups is 1. The third kappa shape index (κ3) is 2.68. The lowest BCUT2D eigenvalue weighted by Crippen LogP contribution is -2.00. The molecule has 0 saturated heterocycles. The van der Waals surface area contributed by atoms with Gasteiger partial charge in [-0.3, -0.25) is 0 Å². The van der Waals surface area contributed by atoms with Crippen LogP contribution in [-0.4, -0.2) is 20.2 Å². The number of hydrogen-bond donors (Lipinski definition) is 1. The smallest absolute Gasteiger partial charge is 0.337 e. The van der Waals surface area contributed by atoms with Gasteiger partial charge in [-0.2, -0.15) is 0 Å². The maximum absolute atomic E-state index is 11.3. The summed E-state index contributed by atoms with van der Waals surface area (Å²) in [6.07, 6.45) is 0. The second kappa shape index (κ2) is 5.44. The molecular weight excluding hydrogens is 242 g/mol. The largest absolute Gasteiger partial charge is 0.495 e. The van der Waals surface area contributed by atoms with E-state index in [2.05, 4.69) is 4.74 Å². The van der Waals surface area contributed by atoms with Crippen LogP contribution in [-0.2, 0) is 4.74 Å². The Kier molecular flexibility index (Phi) is 3.71. The molecule has 98 valence electrons. The van der Waals surface area contributed by atoms with Crippen molar-refractivity contribution in [1.82, 2.24) is 0 Å². The molecule has 0 radical (unpaired) electrons. The second-order valence-electron chi connectivity index (χ2n) is 4.03. The molecule has 0 saturated carbocycles. The lowest BCUT2D eigenvalue weighted by molar-refractivity contribution is 0.0601. The number of rotatable bonds is 3. The number of nitrogen functional groups attached to an aromatic ring is 1. The summed E-state index contributed by atoms with van der Waals surface area (Å²) >= 11 is 0. The predicted molar refractivity (Wildman–Crippen MR) is 74.2 cm³/mol. The van der Waals surface area contributed by atoms with Gasteiger partial charge in [-0.15, -0.1) is 0 Å². The van der Waals surface area contributed by atoms with Gasteiger partial charge in [-0.1, -0.05) is 18.2 Å². The molecule has 0 aromatic heterocycles. The molecule has 0 aliphatic carbocycles. The average Bonchev–Trinajstić information content (AvgIpc) is 2.47. The molecule has 0 aliphatic heterocycles. The molecule has 2 rings (SSSR count). The third-order valence-corrected chi connectivity index (χ3v) is 2.87. The topological polar surface area (TPSA) is 61.5 Å². The van der Waals surface area contributed by atoms with Crippen LogP contribution in [0, 0.1) is 0 Å². The number of benzene rings is 2. The van der Waals surface area contributed by atoms with E-state index in [0.29, 0.717) is 17.0 Å². The van der Waals surface area contributed by atoms with E-state index >= 15 is 0 Å². The molecule has 2 aromatic carbocycles. The SMILES string of the molecule is COC(=O)c1ccc(-c2ccc(N)c(OC)c2)cc1. The van der Waals surface area contributed by atoms with Gasteiger partial charge in [-0.05, 0) is 35.4 Å². The Balaban J connectivity index is 2.34. The molecule has 0 aliphatic rings. The van der Waals surface area contributed by atoms with Crippen LogP contribution >= 0.6 is 0 Å². The molecule has 0 amide bonds. The summed E-state index contributed by atoms with van der Waals surface area (Å²) in [6, 6.07) is 12.7. The maximum atomic E-state index is 11.3. The van der Waals surface area contributed by atoms with Crippen molar-refractivity contribution in [3.05, 3.63) is 48.0 Å². The molecular formula is C15H15NO3. The van der Waals surface area contributed by atoms with Gasteiger partial charge in [0.15, 0.2) is 0 Å². The first-order chi connectivity index (χ1) is 9.15. The van der Waals surface area contributed by atoms with Gasteiger partial charge < -0.3 is 15.2 Å². The van der Waals surface area contributed by atoms with Crippen LogP contribution < -0.4 is 10.5 Å². The summed E-state index contributed by atoms with van der Waals surface area (Å²) in [5.41, 5.74) is 8.84. The molecule has 19 heavy (non-hydrogen) atoms. The van der Waals surface area contributed by atoms with Crippen molar-refractivity contribution >= 4 is 11.7 Å². The van der Waals surface area contributed by atoms with E-state index < -0.39 is 0 Å². The zero-order valence-electron chi connectivity index (χ0n) is 10.8. The Morgan fingerprint density at radius 1 is 1.00 bits per heavy atom. The monoisotopic (exact) mass is 257 g/mol. The highest BCUT2D eigenvalue weighted by atomic mass is 16.5. The van der Waals surface area contributed by atoms with Gasteiger partial charge in [0.25, 0.3) is 0 Å². The lowest BCUT2D eigenvalue weighted by Gasteiger charge is -2.08. The number of hydrogen-bond acceptors (Lipinski definition) is 4. The van der Waals surface area contributed by atoms with Crippen LogP contribution in [0.1, 0.15) is 10.4 Å². The minimum absolute atomic E-state index is 0.346. The molecule has 2 N–H and O–H groups in total. The van der Waals surface area contributed by atoms with Gasteiger partial charge in [0.2, 0.25) is 0 Å². The van der Waals surface area contributed by atoms with E-state index in [0.717, 1.165) is 11.1 Å². The molecule has 0 spiro atoms. The van der Waals surface area contributed by atoms with Crippen LogP contribution in [0.2, 0.25) is 0 Å². The Hall–Kier alpha value is -2.49. The van der Waals surface area contributed by atoms with Crippen molar-refractivity contribution in [3.63, 3.8) is 0 Å². The van der Waals surface area contributed by atoms with Crippen molar-refractivity contribution < 1.29 is 14.3 Å². The van der Waals surface area contributed by atoms with E-state index in [-0.39, 0.29) is 5.97 Å². The average molecular weight is 257 g/mol. The Bertz CT molecular complexity index is 591. The Labute approximate surface area is 111 Å². The fourth-order valence-electron chi connectivity index (χ4n) is 1.81. The summed E-state index contributed by atoms with van der Waals surface area (Å²) in [5.74, 6) is 0.288. The number of ether oxygens (including phenoxy) is 2. The zero-order chi connectivity index (χ0) is 13.8. The molecule has 0 heterocycles. The third-order valence-electron chi connectivity index (χ3n) is 2.87. The van der Waals surface area contributed by atoms with Gasteiger partial charge in [0, 0.05) is 0 Å². The van der Waals surface area contributed by atoms with Gasteiger partial charge in [0.1, 0.15) is 5.75 Å². The number of methoxy groups -OCH3 is 2. The highest BCUT2D eigenvalue weighted by Gasteiger charge is 2.07. The summed E-state index contributed by atoms with van der Waals surface area (Å²) in [4.78, 5) is 11.3. The molecule has 4 heteroatoms. The Morgan fingerprint density at radius 3 is 2.21 bits per heavy atom. The minimum Gasteiger partial charge on any atom is -0.495 e. The van der Waals surface area contributed by atoms with Gasteiger partial charge in [-0.25, -0.2) is 4.79 Å². The van der Waals surface area contributed by atoms with E-state index in [1.807, 2.05) is 24.3 Å². The first-order valence-electron chi connectivity index (χ1n) is 5.78. The maximum Gasteiger partial charge on any atom is 0.337 e. The Morgan fingerprint density at radius 2 is 1.63 bits per heavy atom. The summed E-state index contributed by atoms with van der Waals surface area (Å²) in [6.45, 7) is 0. The molecule has 0 bridgehead atoms. The van der Waals surface area contributed by atoms with Crippen molar-refractivity contribution in [3.8, 4) is 16.9 Å². The van der Waals surface area contributed by atoms with Gasteiger partial charge >= 0.3 is 5.97 Å². The van der Waals surface area contributed by atoms with E-state index in [9.17, 15) is 4.79 Å². The fourth-order valence-corrected chi connectivity index (χ4v) is 1.81. The van der Waals surface area contributed by atoms with Crippen LogP contribution in [0.5, 0.6) is 5.75 Å². The summed E-state index contributed by atoms with van der Waals surface area (Å²) in [5, 5.41) is 0. The van der Waals surface area contributed by atoms with Crippen molar-refractivity contribution in [2.24, 2.45) is 0 Å². The zero-order valence-corrected chi connectivity index (χ0v) is 10.8. The number of nitrogens with two attached hydrogens (primary N) is 1. The van der Waals surface area contributed by atoms with Crippen LogP contribution in [0.4, 0.5) is 5.69 Å². The molecule has 0 fully saturated rings. The normalized spacial score (nSPS) is 10.0. The standard InChI is InChI=1S/C15H15NO3/c1-18-14-9-12(7-8-13(14)16)10-3-5-11(6-4-10)15(17)19-2/h3-9H,16H2,1-2H3. The van der Waals surface area contributed by atoms with Crippen molar-refractivity contribution in [2.75, 3.05) is 20.0 Å². The van der Waals surface area contributed by atoms with Gasteiger partial charge in [0.05, 0.1) is 25.5 Å².